The highest BCUT2D eigenvalue weighted by atomic mass is 16.2. The Morgan fingerprint density at radius 1 is 1.24 bits per heavy atom. The maximum atomic E-state index is 12.3. The van der Waals surface area contributed by atoms with Crippen molar-refractivity contribution in [1.29, 1.82) is 0 Å². The fourth-order valence-corrected chi connectivity index (χ4v) is 4.18. The van der Waals surface area contributed by atoms with E-state index in [1.54, 1.807) is 23.1 Å². The van der Waals surface area contributed by atoms with E-state index in [-0.39, 0.29) is 12.5 Å². The van der Waals surface area contributed by atoms with Crippen molar-refractivity contribution in [2.24, 2.45) is 10.9 Å². The number of anilines is 1. The van der Waals surface area contributed by atoms with Gasteiger partial charge in [0.1, 0.15) is 6.54 Å². The lowest BCUT2D eigenvalue weighted by Crippen LogP contribution is -2.49. The molecular formula is C24H32N8O. The van der Waals surface area contributed by atoms with Gasteiger partial charge in [-0.1, -0.05) is 19.1 Å². The molecule has 9 nitrogen and oxygen atoms in total. The number of aromatic nitrogens is 4. The molecule has 0 saturated carbocycles. The highest BCUT2D eigenvalue weighted by Crippen LogP contribution is 2.27. The molecule has 3 aromatic rings. The quantitative estimate of drug-likeness (QED) is 0.428. The average Bonchev–Trinajstić information content (AvgIpc) is 3.52. The fraction of sp³-hybridized carbons (Fsp3) is 0.417. The molecular weight excluding hydrogens is 416 g/mol. The molecule has 9 heteroatoms. The Balaban J connectivity index is 1.41. The monoisotopic (exact) mass is 448 g/mol. The summed E-state index contributed by atoms with van der Waals surface area (Å²) >= 11 is 0. The highest BCUT2D eigenvalue weighted by Gasteiger charge is 2.28. The summed E-state index contributed by atoms with van der Waals surface area (Å²) in [4.78, 5) is 23.8. The third-order valence-electron chi connectivity index (χ3n) is 5.95. The summed E-state index contributed by atoms with van der Waals surface area (Å²) in [5.74, 6) is 1.39. The second kappa shape index (κ2) is 10.8. The van der Waals surface area contributed by atoms with E-state index in [1.807, 2.05) is 43.0 Å². The molecule has 1 fully saturated rings. The van der Waals surface area contributed by atoms with Gasteiger partial charge in [-0.05, 0) is 43.0 Å². The van der Waals surface area contributed by atoms with E-state index in [0.29, 0.717) is 18.5 Å². The molecule has 33 heavy (non-hydrogen) atoms. The fourth-order valence-electron chi connectivity index (χ4n) is 4.18. The number of likely N-dealkylation sites (tertiary alicyclic amines) is 1. The second-order valence-corrected chi connectivity index (χ2v) is 8.41. The number of hydrogen-bond donors (Lipinski definition) is 2. The van der Waals surface area contributed by atoms with Gasteiger partial charge in [-0.3, -0.25) is 9.48 Å². The van der Waals surface area contributed by atoms with Gasteiger partial charge in [-0.2, -0.15) is 5.10 Å². The number of carbonyl (C=O) groups excluding carboxylic acids is 1. The molecule has 174 valence electrons. The molecule has 2 N–H and O–H groups in total. The van der Waals surface area contributed by atoms with Crippen molar-refractivity contribution in [3.05, 3.63) is 67.0 Å². The number of imidazole rings is 1. The van der Waals surface area contributed by atoms with E-state index in [4.69, 9.17) is 4.99 Å². The molecule has 1 saturated heterocycles. The van der Waals surface area contributed by atoms with Gasteiger partial charge >= 0.3 is 0 Å². The predicted molar refractivity (Wildman–Crippen MR) is 129 cm³/mol. The molecule has 3 heterocycles. The summed E-state index contributed by atoms with van der Waals surface area (Å²) in [7, 11) is 0. The Labute approximate surface area is 194 Å². The number of piperidine rings is 1. The molecule has 0 radical (unpaired) electrons. The van der Waals surface area contributed by atoms with Crippen LogP contribution in [-0.4, -0.2) is 55.7 Å². The first-order chi connectivity index (χ1) is 16.1. The summed E-state index contributed by atoms with van der Waals surface area (Å²) in [6, 6.07) is 10.0. The van der Waals surface area contributed by atoms with Crippen LogP contribution in [0.25, 0.3) is 0 Å². The normalized spacial score (nSPS) is 18.8. The Morgan fingerprint density at radius 3 is 2.91 bits per heavy atom. The molecule has 4 rings (SSSR count). The first-order valence-corrected chi connectivity index (χ1v) is 11.5. The minimum Gasteiger partial charge on any atom is -0.357 e. The van der Waals surface area contributed by atoms with Gasteiger partial charge in [0.2, 0.25) is 5.91 Å². The van der Waals surface area contributed by atoms with E-state index >= 15 is 0 Å². The molecule has 2 atom stereocenters. The SMILES string of the molecule is CCNC(=NCc1cccc(NC(=O)Cn2cccn2)c1)N1CCC(C)C(n2ccnc2)C1. The predicted octanol–water partition coefficient (Wildman–Crippen LogP) is 2.77. The number of aliphatic imine (C=N–C) groups is 1. The zero-order chi connectivity index (χ0) is 23.0. The molecule has 2 unspecified atom stereocenters. The van der Waals surface area contributed by atoms with Crippen molar-refractivity contribution in [2.75, 3.05) is 25.0 Å². The van der Waals surface area contributed by atoms with Crippen molar-refractivity contribution >= 4 is 17.6 Å². The van der Waals surface area contributed by atoms with Gasteiger partial charge in [0.05, 0.1) is 18.9 Å². The van der Waals surface area contributed by atoms with Gasteiger partial charge in [-0.25, -0.2) is 9.98 Å². The van der Waals surface area contributed by atoms with Crippen LogP contribution in [0.1, 0.15) is 31.9 Å². The minimum absolute atomic E-state index is 0.110. The van der Waals surface area contributed by atoms with Crippen molar-refractivity contribution in [3.63, 3.8) is 0 Å². The van der Waals surface area contributed by atoms with Crippen LogP contribution in [0.3, 0.4) is 0 Å². The number of rotatable bonds is 7. The zero-order valence-electron chi connectivity index (χ0n) is 19.3. The third-order valence-corrected chi connectivity index (χ3v) is 5.95. The van der Waals surface area contributed by atoms with Gasteiger partial charge in [0.25, 0.3) is 0 Å². The van der Waals surface area contributed by atoms with E-state index in [2.05, 4.69) is 44.0 Å². The molecule has 0 bridgehead atoms. The van der Waals surface area contributed by atoms with Gasteiger partial charge in [0, 0.05) is 50.1 Å². The van der Waals surface area contributed by atoms with Crippen molar-refractivity contribution in [2.45, 2.75) is 39.4 Å². The number of benzene rings is 1. The van der Waals surface area contributed by atoms with Crippen molar-refractivity contribution in [1.82, 2.24) is 29.5 Å². The minimum atomic E-state index is -0.110. The first kappa shape index (κ1) is 22.6. The van der Waals surface area contributed by atoms with Crippen molar-refractivity contribution in [3.8, 4) is 0 Å². The van der Waals surface area contributed by atoms with Crippen LogP contribution in [0.5, 0.6) is 0 Å². The molecule has 2 aromatic heterocycles. The first-order valence-electron chi connectivity index (χ1n) is 11.5. The summed E-state index contributed by atoms with van der Waals surface area (Å²) in [5, 5.41) is 10.5. The molecule has 1 amide bonds. The maximum Gasteiger partial charge on any atom is 0.246 e. The summed E-state index contributed by atoms with van der Waals surface area (Å²) < 4.78 is 3.80. The molecule has 1 aliphatic rings. The lowest BCUT2D eigenvalue weighted by molar-refractivity contribution is -0.116. The number of nitrogens with one attached hydrogen (secondary N) is 2. The highest BCUT2D eigenvalue weighted by molar-refractivity contribution is 5.90. The van der Waals surface area contributed by atoms with Crippen LogP contribution in [0, 0.1) is 5.92 Å². The maximum absolute atomic E-state index is 12.3. The molecule has 0 aliphatic carbocycles. The average molecular weight is 449 g/mol. The summed E-state index contributed by atoms with van der Waals surface area (Å²) in [6.07, 6.45) is 10.3. The van der Waals surface area contributed by atoms with Crippen LogP contribution >= 0.6 is 0 Å². The topological polar surface area (TPSA) is 92.4 Å². The van der Waals surface area contributed by atoms with Gasteiger partial charge in [-0.15, -0.1) is 0 Å². The van der Waals surface area contributed by atoms with Gasteiger partial charge < -0.3 is 20.1 Å². The lowest BCUT2D eigenvalue weighted by atomic mass is 9.93. The Kier molecular flexibility index (Phi) is 7.39. The van der Waals surface area contributed by atoms with Crippen molar-refractivity contribution < 1.29 is 4.79 Å². The van der Waals surface area contributed by atoms with Gasteiger partial charge in [0.15, 0.2) is 5.96 Å². The number of amides is 1. The zero-order valence-corrected chi connectivity index (χ0v) is 19.3. The summed E-state index contributed by atoms with van der Waals surface area (Å²) in [5.41, 5.74) is 1.80. The molecule has 1 aromatic carbocycles. The van der Waals surface area contributed by atoms with E-state index in [9.17, 15) is 4.79 Å². The molecule has 0 spiro atoms. The molecule has 1 aliphatic heterocycles. The Morgan fingerprint density at radius 2 is 2.15 bits per heavy atom. The Bertz CT molecular complexity index is 1040. The third kappa shape index (κ3) is 6.00. The van der Waals surface area contributed by atoms with E-state index in [1.165, 1.54) is 0 Å². The van der Waals surface area contributed by atoms with Crippen LogP contribution in [-0.2, 0) is 17.9 Å². The summed E-state index contributed by atoms with van der Waals surface area (Å²) in [6.45, 7) is 7.79. The number of nitrogens with zero attached hydrogens (tertiary/aromatic N) is 6. The Hall–Kier alpha value is -3.62. The smallest absolute Gasteiger partial charge is 0.246 e. The largest absolute Gasteiger partial charge is 0.357 e. The van der Waals surface area contributed by atoms with Crippen LogP contribution in [0.2, 0.25) is 0 Å². The standard InChI is InChI=1S/C24H32N8O/c1-3-26-24(30-12-8-19(2)22(16-30)31-13-10-25-18-31)27-15-20-6-4-7-21(14-20)29-23(33)17-32-11-5-9-28-32/h4-7,9-11,13-14,18-19,22H,3,8,12,15-17H2,1-2H3,(H,26,27)(H,29,33). The van der Waals surface area contributed by atoms with Crippen LogP contribution in [0.15, 0.2) is 66.4 Å². The second-order valence-electron chi connectivity index (χ2n) is 8.41. The van der Waals surface area contributed by atoms with Crippen LogP contribution in [0.4, 0.5) is 5.69 Å². The van der Waals surface area contributed by atoms with E-state index < -0.39 is 0 Å². The number of carbonyl (C=O) groups is 1. The van der Waals surface area contributed by atoms with E-state index in [0.717, 1.165) is 43.3 Å². The number of hydrogen-bond acceptors (Lipinski definition) is 4. The number of guanidine groups is 1. The van der Waals surface area contributed by atoms with Crippen LogP contribution < -0.4 is 10.6 Å². The lowest BCUT2D eigenvalue weighted by Gasteiger charge is -2.39.